The number of hydrogen-bond acceptors (Lipinski definition) is 7. The fourth-order valence-corrected chi connectivity index (χ4v) is 5.07. The molecule has 0 aliphatic carbocycles. The molecule has 0 fully saturated rings. The number of carbonyl (C=O) groups is 2. The lowest BCUT2D eigenvalue weighted by atomic mass is 10.2. The summed E-state index contributed by atoms with van der Waals surface area (Å²) in [4.78, 5) is 24.9. The van der Waals surface area contributed by atoms with Gasteiger partial charge in [-0.1, -0.05) is 0 Å². The summed E-state index contributed by atoms with van der Waals surface area (Å²) in [5.41, 5.74) is -0.461. The topological polar surface area (TPSA) is 76.7 Å². The number of unbranched alkanes of at least 4 members (excludes halogenated alkanes) is 1. The van der Waals surface area contributed by atoms with Crippen molar-refractivity contribution in [2.75, 3.05) is 32.5 Å². The lowest BCUT2D eigenvalue weighted by Crippen LogP contribution is -2.33. The van der Waals surface area contributed by atoms with Crippen LogP contribution in [-0.4, -0.2) is 50.2 Å². The zero-order valence-electron chi connectivity index (χ0n) is 15.6. The Morgan fingerprint density at radius 1 is 1.23 bits per heavy atom. The second kappa shape index (κ2) is 12.0. The summed E-state index contributed by atoms with van der Waals surface area (Å²) in [6.07, 6.45) is 1.51. The average molecular weight is 514 g/mol. The van der Waals surface area contributed by atoms with Crippen molar-refractivity contribution in [3.8, 4) is 0 Å². The van der Waals surface area contributed by atoms with Gasteiger partial charge in [0.2, 0.25) is 0 Å². The number of halogens is 1. The van der Waals surface area contributed by atoms with Crippen LogP contribution in [0.15, 0.2) is 11.0 Å². The minimum Gasteiger partial charge on any atom is -0.465 e. The monoisotopic (exact) mass is 514 g/mol. The molecule has 148 valence electrons. The molecule has 0 aliphatic heterocycles. The van der Waals surface area contributed by atoms with E-state index in [1.54, 1.807) is 11.8 Å². The number of rotatable bonds is 10. The third-order valence-electron chi connectivity index (χ3n) is 3.02. The molecule has 0 aromatic carbocycles. The predicted molar refractivity (Wildman–Crippen MR) is 115 cm³/mol. The molecule has 6 nitrogen and oxygen atoms in total. The van der Waals surface area contributed by atoms with E-state index in [9.17, 15) is 9.59 Å². The number of methoxy groups -OCH3 is 1. The highest BCUT2D eigenvalue weighted by Crippen LogP contribution is 2.32. The van der Waals surface area contributed by atoms with Gasteiger partial charge in [0.15, 0.2) is 0 Å². The van der Waals surface area contributed by atoms with Gasteiger partial charge in [-0.15, -0.1) is 23.1 Å². The van der Waals surface area contributed by atoms with E-state index < -0.39 is 5.60 Å². The molecule has 0 saturated heterocycles. The number of carbonyl (C=O) groups excluding carboxylic acids is 2. The summed E-state index contributed by atoms with van der Waals surface area (Å²) in [5.74, 6) is 0.610. The summed E-state index contributed by atoms with van der Waals surface area (Å²) in [7, 11) is 1.41. The SMILES string of the molecule is COC(=O)c1sc(I)cc1SCCNCCCCNC(=O)OC(C)(C)C. The van der Waals surface area contributed by atoms with Crippen molar-refractivity contribution in [2.24, 2.45) is 0 Å². The minimum atomic E-state index is -0.461. The van der Waals surface area contributed by atoms with Crippen LogP contribution in [0.1, 0.15) is 43.3 Å². The summed E-state index contributed by atoms with van der Waals surface area (Å²) < 4.78 is 11.1. The minimum absolute atomic E-state index is 0.272. The smallest absolute Gasteiger partial charge is 0.407 e. The van der Waals surface area contributed by atoms with Gasteiger partial charge in [-0.3, -0.25) is 0 Å². The van der Waals surface area contributed by atoms with E-state index in [4.69, 9.17) is 9.47 Å². The summed E-state index contributed by atoms with van der Waals surface area (Å²) in [5, 5.41) is 6.12. The molecule has 26 heavy (non-hydrogen) atoms. The van der Waals surface area contributed by atoms with E-state index in [0.717, 1.165) is 39.5 Å². The Bertz CT molecular complexity index is 588. The van der Waals surface area contributed by atoms with E-state index in [-0.39, 0.29) is 12.1 Å². The molecule has 0 saturated carbocycles. The Hall–Kier alpha value is -0.520. The molecule has 0 unspecified atom stereocenters. The van der Waals surface area contributed by atoms with Crippen LogP contribution in [-0.2, 0) is 9.47 Å². The molecule has 1 aromatic heterocycles. The maximum Gasteiger partial charge on any atom is 0.407 e. The largest absolute Gasteiger partial charge is 0.465 e. The Morgan fingerprint density at radius 2 is 1.92 bits per heavy atom. The van der Waals surface area contributed by atoms with Crippen molar-refractivity contribution < 1.29 is 19.1 Å². The maximum atomic E-state index is 11.7. The van der Waals surface area contributed by atoms with Gasteiger partial charge >= 0.3 is 12.1 Å². The van der Waals surface area contributed by atoms with Crippen molar-refractivity contribution >= 4 is 57.8 Å². The van der Waals surface area contributed by atoms with Gasteiger partial charge < -0.3 is 20.1 Å². The number of thiophene rings is 1. The van der Waals surface area contributed by atoms with Gasteiger partial charge in [0, 0.05) is 23.7 Å². The Morgan fingerprint density at radius 3 is 2.58 bits per heavy atom. The van der Waals surface area contributed by atoms with Crippen molar-refractivity contribution in [2.45, 2.75) is 44.1 Å². The van der Waals surface area contributed by atoms with Crippen molar-refractivity contribution in [3.63, 3.8) is 0 Å². The molecule has 1 rings (SSSR count). The van der Waals surface area contributed by atoms with Crippen molar-refractivity contribution in [1.82, 2.24) is 10.6 Å². The summed E-state index contributed by atoms with van der Waals surface area (Å²) >= 11 is 5.33. The number of amides is 1. The van der Waals surface area contributed by atoms with Gasteiger partial charge in [0.05, 0.1) is 9.99 Å². The van der Waals surface area contributed by atoms with Crippen LogP contribution in [0.3, 0.4) is 0 Å². The summed E-state index contributed by atoms with van der Waals surface area (Å²) in [6.45, 7) is 7.90. The van der Waals surface area contributed by atoms with Gasteiger partial charge in [-0.25, -0.2) is 9.59 Å². The van der Waals surface area contributed by atoms with Crippen LogP contribution in [0.25, 0.3) is 0 Å². The third kappa shape index (κ3) is 9.98. The van der Waals surface area contributed by atoms with Gasteiger partial charge in [0.1, 0.15) is 10.5 Å². The molecule has 2 N–H and O–H groups in total. The fraction of sp³-hybridized carbons (Fsp3) is 0.647. The lowest BCUT2D eigenvalue weighted by Gasteiger charge is -2.19. The number of thioether (sulfide) groups is 1. The van der Waals surface area contributed by atoms with Gasteiger partial charge in [-0.05, 0) is 68.8 Å². The van der Waals surface area contributed by atoms with E-state index >= 15 is 0 Å². The van der Waals surface area contributed by atoms with Crippen molar-refractivity contribution in [1.29, 1.82) is 0 Å². The maximum absolute atomic E-state index is 11.7. The quantitative estimate of drug-likeness (QED) is 0.212. The molecule has 0 spiro atoms. The molecule has 0 aliphatic rings. The van der Waals surface area contributed by atoms with Crippen LogP contribution in [0, 0.1) is 2.88 Å². The Balaban J connectivity index is 2.08. The van der Waals surface area contributed by atoms with Crippen molar-refractivity contribution in [3.05, 3.63) is 13.8 Å². The molecule has 0 bridgehead atoms. The number of hydrogen-bond donors (Lipinski definition) is 2. The molecule has 1 aromatic rings. The first-order valence-electron chi connectivity index (χ1n) is 8.41. The Labute approximate surface area is 177 Å². The molecule has 1 heterocycles. The molecule has 1 amide bonds. The standard InChI is InChI=1S/C17H27IN2O4S2/c1-17(2,3)24-16(22)20-8-6-5-7-19-9-10-25-12-11-13(18)26-14(12)15(21)23-4/h11,19H,5-10H2,1-4H3,(H,20,22). The van der Waals surface area contributed by atoms with Crippen LogP contribution >= 0.6 is 45.7 Å². The highest BCUT2D eigenvalue weighted by Gasteiger charge is 2.16. The molecule has 0 atom stereocenters. The third-order valence-corrected chi connectivity index (χ3v) is 6.07. The average Bonchev–Trinajstić information content (AvgIpc) is 2.91. The fourth-order valence-electron chi connectivity index (χ4n) is 1.93. The van der Waals surface area contributed by atoms with Gasteiger partial charge in [-0.2, -0.15) is 0 Å². The second-order valence-corrected chi connectivity index (χ2v) is 10.6. The zero-order chi connectivity index (χ0) is 19.6. The molecule has 9 heteroatoms. The zero-order valence-corrected chi connectivity index (χ0v) is 19.4. The highest BCUT2D eigenvalue weighted by atomic mass is 127. The van der Waals surface area contributed by atoms with Crippen LogP contribution < -0.4 is 10.6 Å². The number of ether oxygens (including phenoxy) is 2. The van der Waals surface area contributed by atoms with Crippen LogP contribution in [0.5, 0.6) is 0 Å². The Kier molecular flexibility index (Phi) is 10.9. The van der Waals surface area contributed by atoms with E-state index in [1.807, 2.05) is 26.8 Å². The van der Waals surface area contributed by atoms with Crippen LogP contribution in [0.2, 0.25) is 0 Å². The number of alkyl carbamates (subject to hydrolysis) is 1. The first-order valence-corrected chi connectivity index (χ1v) is 11.3. The normalized spacial score (nSPS) is 11.3. The highest BCUT2D eigenvalue weighted by molar-refractivity contribution is 14.1. The molecular weight excluding hydrogens is 487 g/mol. The van der Waals surface area contributed by atoms with Crippen LogP contribution in [0.4, 0.5) is 4.79 Å². The molecular formula is C17H27IN2O4S2. The predicted octanol–water partition coefficient (Wildman–Crippen LogP) is 4.13. The first-order chi connectivity index (χ1) is 12.2. The van der Waals surface area contributed by atoms with E-state index in [2.05, 4.69) is 33.2 Å². The van der Waals surface area contributed by atoms with Gasteiger partial charge in [0.25, 0.3) is 0 Å². The van der Waals surface area contributed by atoms with E-state index in [1.165, 1.54) is 18.4 Å². The number of nitrogens with one attached hydrogen (secondary N) is 2. The lowest BCUT2D eigenvalue weighted by molar-refractivity contribution is 0.0525. The van der Waals surface area contributed by atoms with E-state index in [0.29, 0.717) is 11.4 Å². The second-order valence-electron chi connectivity index (χ2n) is 6.47. The molecule has 0 radical (unpaired) electrons. The first kappa shape index (κ1) is 23.5. The number of esters is 1. The summed E-state index contributed by atoms with van der Waals surface area (Å²) in [6, 6.07) is 2.02.